The molecule has 2 fully saturated rings. The van der Waals surface area contributed by atoms with Crippen molar-refractivity contribution in [2.24, 2.45) is 0 Å². The van der Waals surface area contributed by atoms with Crippen molar-refractivity contribution in [2.45, 2.75) is 37.4 Å². The highest BCUT2D eigenvalue weighted by molar-refractivity contribution is 5.21. The number of nitrogens with zero attached hydrogens (tertiary/aromatic N) is 3. The molecule has 0 aliphatic carbocycles. The Kier molecular flexibility index (Phi) is 5.25. The van der Waals surface area contributed by atoms with Gasteiger partial charge in [0.1, 0.15) is 36.3 Å². The average molecular weight is 392 g/mol. The van der Waals surface area contributed by atoms with Gasteiger partial charge >= 0.3 is 0 Å². The molecule has 0 unspecified atom stereocenters. The van der Waals surface area contributed by atoms with E-state index in [1.165, 1.54) is 5.56 Å². The summed E-state index contributed by atoms with van der Waals surface area (Å²) in [6.07, 6.45) is 1.93. The van der Waals surface area contributed by atoms with Crippen LogP contribution < -0.4 is 10.1 Å². The SMILES string of the molecule is c1ccc(CN[C@@H]2CO[C@@H]3[C@@H]2OC[C@@H]3n2cc(COc3ccccc3)nn2)cc1. The molecule has 5 rings (SSSR count). The van der Waals surface area contributed by atoms with Crippen LogP contribution in [0.1, 0.15) is 17.3 Å². The number of hydrogen-bond donors (Lipinski definition) is 1. The van der Waals surface area contributed by atoms with Crippen molar-refractivity contribution < 1.29 is 14.2 Å². The number of para-hydroxylation sites is 1. The summed E-state index contributed by atoms with van der Waals surface area (Å²) in [5.74, 6) is 0.817. The molecule has 2 saturated heterocycles. The monoisotopic (exact) mass is 392 g/mol. The van der Waals surface area contributed by atoms with Gasteiger partial charge in [0.2, 0.25) is 0 Å². The van der Waals surface area contributed by atoms with E-state index in [1.54, 1.807) is 0 Å². The fraction of sp³-hybridized carbons (Fsp3) is 0.364. The second-order valence-electron chi connectivity index (χ2n) is 7.43. The number of hydrogen-bond acceptors (Lipinski definition) is 6. The van der Waals surface area contributed by atoms with Crippen molar-refractivity contribution in [1.82, 2.24) is 20.3 Å². The smallest absolute Gasteiger partial charge is 0.134 e. The molecule has 0 bridgehead atoms. The van der Waals surface area contributed by atoms with Gasteiger partial charge in [0, 0.05) is 6.54 Å². The lowest BCUT2D eigenvalue weighted by Crippen LogP contribution is -2.40. The van der Waals surface area contributed by atoms with E-state index in [2.05, 4.69) is 39.9 Å². The first-order chi connectivity index (χ1) is 14.4. The maximum atomic E-state index is 6.08. The van der Waals surface area contributed by atoms with Crippen LogP contribution in [0.5, 0.6) is 5.75 Å². The first-order valence-electron chi connectivity index (χ1n) is 9.96. The molecule has 0 amide bonds. The number of ether oxygens (including phenoxy) is 3. The van der Waals surface area contributed by atoms with Gasteiger partial charge in [-0.1, -0.05) is 53.7 Å². The summed E-state index contributed by atoms with van der Waals surface area (Å²) in [4.78, 5) is 0. The van der Waals surface area contributed by atoms with Gasteiger partial charge in [0.15, 0.2) is 0 Å². The number of nitrogens with one attached hydrogen (secondary N) is 1. The topological polar surface area (TPSA) is 70.4 Å². The van der Waals surface area contributed by atoms with Gasteiger partial charge in [0.05, 0.1) is 25.5 Å². The molecule has 29 heavy (non-hydrogen) atoms. The second-order valence-corrected chi connectivity index (χ2v) is 7.43. The zero-order valence-corrected chi connectivity index (χ0v) is 16.1. The summed E-state index contributed by atoms with van der Waals surface area (Å²) in [6, 6.07) is 20.3. The zero-order chi connectivity index (χ0) is 19.5. The highest BCUT2D eigenvalue weighted by atomic mass is 16.6. The Morgan fingerprint density at radius 2 is 1.72 bits per heavy atom. The molecule has 1 aromatic heterocycles. The van der Waals surface area contributed by atoms with Crippen LogP contribution in [-0.2, 0) is 22.6 Å². The van der Waals surface area contributed by atoms with Crippen molar-refractivity contribution in [2.75, 3.05) is 13.2 Å². The normalized spacial score (nSPS) is 25.8. The van der Waals surface area contributed by atoms with Crippen LogP contribution in [0.2, 0.25) is 0 Å². The van der Waals surface area contributed by atoms with E-state index in [0.29, 0.717) is 19.8 Å². The largest absolute Gasteiger partial charge is 0.487 e. The first kappa shape index (κ1) is 18.3. The summed E-state index contributed by atoms with van der Waals surface area (Å²) in [5, 5.41) is 12.1. The number of benzene rings is 2. The molecule has 7 heteroatoms. The van der Waals surface area contributed by atoms with E-state index in [1.807, 2.05) is 47.3 Å². The van der Waals surface area contributed by atoms with Crippen LogP contribution in [0.15, 0.2) is 66.9 Å². The Labute approximate surface area is 169 Å². The summed E-state index contributed by atoms with van der Waals surface area (Å²) >= 11 is 0. The third kappa shape index (κ3) is 4.03. The van der Waals surface area contributed by atoms with Gasteiger partial charge in [-0.25, -0.2) is 4.68 Å². The van der Waals surface area contributed by atoms with E-state index < -0.39 is 0 Å². The lowest BCUT2D eigenvalue weighted by Gasteiger charge is -2.17. The summed E-state index contributed by atoms with van der Waals surface area (Å²) < 4.78 is 19.8. The Morgan fingerprint density at radius 3 is 2.55 bits per heavy atom. The van der Waals surface area contributed by atoms with Gasteiger partial charge in [-0.3, -0.25) is 0 Å². The molecule has 2 aromatic carbocycles. The number of fused-ring (bicyclic) bond motifs is 1. The molecule has 1 N–H and O–H groups in total. The summed E-state index contributed by atoms with van der Waals surface area (Å²) in [6.45, 7) is 2.39. The minimum Gasteiger partial charge on any atom is -0.487 e. The fourth-order valence-electron chi connectivity index (χ4n) is 3.94. The lowest BCUT2D eigenvalue weighted by atomic mass is 10.1. The molecule has 3 aromatic rings. The molecule has 150 valence electrons. The van der Waals surface area contributed by atoms with E-state index in [9.17, 15) is 0 Å². The first-order valence-corrected chi connectivity index (χ1v) is 9.96. The van der Waals surface area contributed by atoms with Crippen molar-refractivity contribution in [3.63, 3.8) is 0 Å². The summed E-state index contributed by atoms with van der Waals surface area (Å²) in [5.41, 5.74) is 2.04. The number of aromatic nitrogens is 3. The van der Waals surface area contributed by atoms with Crippen LogP contribution in [-0.4, -0.2) is 46.5 Å². The summed E-state index contributed by atoms with van der Waals surface area (Å²) in [7, 11) is 0. The second kappa shape index (κ2) is 8.32. The Morgan fingerprint density at radius 1 is 0.966 bits per heavy atom. The molecule has 2 aliphatic rings. The molecule has 7 nitrogen and oxygen atoms in total. The highest BCUT2D eigenvalue weighted by Crippen LogP contribution is 2.34. The van der Waals surface area contributed by atoms with Crippen molar-refractivity contribution in [3.05, 3.63) is 78.1 Å². The van der Waals surface area contributed by atoms with Crippen molar-refractivity contribution in [3.8, 4) is 5.75 Å². The van der Waals surface area contributed by atoms with Gasteiger partial charge in [-0.05, 0) is 17.7 Å². The molecular weight excluding hydrogens is 368 g/mol. The molecule has 0 radical (unpaired) electrons. The maximum absolute atomic E-state index is 6.08. The lowest BCUT2D eigenvalue weighted by molar-refractivity contribution is 0.0619. The highest BCUT2D eigenvalue weighted by Gasteiger charge is 2.48. The number of rotatable bonds is 7. The predicted molar refractivity (Wildman–Crippen MR) is 106 cm³/mol. The van der Waals surface area contributed by atoms with Crippen LogP contribution in [0.4, 0.5) is 0 Å². The van der Waals surface area contributed by atoms with E-state index >= 15 is 0 Å². The maximum Gasteiger partial charge on any atom is 0.134 e. The van der Waals surface area contributed by atoms with Crippen LogP contribution in [0.3, 0.4) is 0 Å². The van der Waals surface area contributed by atoms with Crippen molar-refractivity contribution >= 4 is 0 Å². The third-order valence-electron chi connectivity index (χ3n) is 5.47. The Bertz CT molecular complexity index is 918. The Balaban J connectivity index is 1.18. The van der Waals surface area contributed by atoms with Crippen LogP contribution in [0, 0.1) is 0 Å². The van der Waals surface area contributed by atoms with Gasteiger partial charge < -0.3 is 19.5 Å². The van der Waals surface area contributed by atoms with Crippen LogP contribution >= 0.6 is 0 Å². The minimum atomic E-state index is -0.0205. The van der Waals surface area contributed by atoms with Gasteiger partial charge in [-0.2, -0.15) is 0 Å². The predicted octanol–water partition coefficient (Wildman–Crippen LogP) is 2.35. The van der Waals surface area contributed by atoms with E-state index in [4.69, 9.17) is 14.2 Å². The average Bonchev–Trinajstić information content (AvgIpc) is 3.49. The molecular formula is C22H24N4O3. The minimum absolute atomic E-state index is 0.0205. The van der Waals surface area contributed by atoms with Crippen molar-refractivity contribution in [1.29, 1.82) is 0 Å². The van der Waals surface area contributed by atoms with Crippen LogP contribution in [0.25, 0.3) is 0 Å². The zero-order valence-electron chi connectivity index (χ0n) is 16.1. The standard InChI is InChI=1S/C22H24N4O3/c1-3-7-16(8-4-1)11-23-19-14-28-22-20(15-29-21(19)22)26-12-17(24-25-26)13-27-18-9-5-2-6-10-18/h1-10,12,19-23H,11,13-15H2/t19-,20+,21-,22+/m1/s1. The third-order valence-corrected chi connectivity index (χ3v) is 5.47. The van der Waals surface area contributed by atoms with E-state index in [-0.39, 0.29) is 24.3 Å². The molecule has 0 spiro atoms. The quantitative estimate of drug-likeness (QED) is 0.666. The molecule has 0 saturated carbocycles. The molecule has 4 atom stereocenters. The molecule has 2 aliphatic heterocycles. The molecule has 3 heterocycles. The van der Waals surface area contributed by atoms with Gasteiger partial charge in [0.25, 0.3) is 0 Å². The Hall–Kier alpha value is -2.74. The van der Waals surface area contributed by atoms with E-state index in [0.717, 1.165) is 18.0 Å². The fourth-order valence-corrected chi connectivity index (χ4v) is 3.94. The van der Waals surface area contributed by atoms with Gasteiger partial charge in [-0.15, -0.1) is 5.10 Å².